The molecule has 0 fully saturated rings. The summed E-state index contributed by atoms with van der Waals surface area (Å²) >= 11 is 0. The molecule has 0 aromatic heterocycles. The number of aliphatic carboxylic acids is 5. The predicted octanol–water partition coefficient (Wildman–Crippen LogP) is 0.269. The van der Waals surface area contributed by atoms with Gasteiger partial charge in [0.25, 0.3) is 0 Å². The zero-order chi connectivity index (χ0) is 33.7. The molecule has 0 saturated heterocycles. The van der Waals surface area contributed by atoms with Gasteiger partial charge < -0.3 is 54.2 Å². The van der Waals surface area contributed by atoms with Crippen molar-refractivity contribution in [1.82, 2.24) is 0 Å². The molecule has 1 radical (unpaired) electrons. The van der Waals surface area contributed by atoms with Crippen molar-refractivity contribution in [3.8, 4) is 0 Å². The maximum atomic E-state index is 10.0. The molecule has 16 heteroatoms. The number of nitrogens with two attached hydrogens (primary N) is 5. The molecule has 5 atom stereocenters. The summed E-state index contributed by atoms with van der Waals surface area (Å²) in [6.45, 7) is 17.8. The molecule has 245 valence electrons. The zero-order valence-electron chi connectivity index (χ0n) is 25.9. The first-order valence-electron chi connectivity index (χ1n) is 12.7. The number of carbonyl (C=O) groups is 5. The van der Waals surface area contributed by atoms with Crippen LogP contribution in [-0.4, -0.2) is 85.6 Å². The van der Waals surface area contributed by atoms with Gasteiger partial charge in [0.1, 0.15) is 30.2 Å². The Morgan fingerprint density at radius 3 is 0.415 bits per heavy atom. The van der Waals surface area contributed by atoms with Crippen LogP contribution in [0.1, 0.15) is 69.2 Å². The standard InChI is InChI=1S/5C5H11NO2.V/c5*1-3(2)4(6)5(7)8;/h5*3-4H,6H2,1-2H3,(H,7,8);/t5*4-;/m00000./s1. The summed E-state index contributed by atoms with van der Waals surface area (Å²) in [5, 5.41) is 41.1. The van der Waals surface area contributed by atoms with Crippen molar-refractivity contribution in [2.45, 2.75) is 99.4 Å². The minimum atomic E-state index is -0.931. The normalized spacial score (nSPS) is 13.7. The first-order chi connectivity index (χ1) is 17.8. The first kappa shape index (κ1) is 51.5. The van der Waals surface area contributed by atoms with Gasteiger partial charge in [-0.2, -0.15) is 0 Å². The average Bonchev–Trinajstić information content (AvgIpc) is 2.82. The third-order valence-electron chi connectivity index (χ3n) is 5.02. The smallest absolute Gasteiger partial charge is 0.320 e. The Balaban J connectivity index is -0.0000000928. The third kappa shape index (κ3) is 33.8. The van der Waals surface area contributed by atoms with E-state index in [1.165, 1.54) is 0 Å². The van der Waals surface area contributed by atoms with Crippen molar-refractivity contribution in [2.75, 3.05) is 0 Å². The van der Waals surface area contributed by atoms with Gasteiger partial charge in [0.15, 0.2) is 0 Å². The first-order valence-corrected chi connectivity index (χ1v) is 12.7. The van der Waals surface area contributed by atoms with Gasteiger partial charge in [0.2, 0.25) is 0 Å². The molecule has 0 amide bonds. The minimum Gasteiger partial charge on any atom is -0.480 e. The van der Waals surface area contributed by atoms with Gasteiger partial charge in [-0.05, 0) is 29.6 Å². The van der Waals surface area contributed by atoms with Crippen LogP contribution in [0.3, 0.4) is 0 Å². The summed E-state index contributed by atoms with van der Waals surface area (Å²) < 4.78 is 0. The van der Waals surface area contributed by atoms with Gasteiger partial charge >= 0.3 is 29.8 Å². The van der Waals surface area contributed by atoms with Crippen molar-refractivity contribution in [3.05, 3.63) is 0 Å². The van der Waals surface area contributed by atoms with Crippen LogP contribution in [-0.2, 0) is 42.5 Å². The third-order valence-corrected chi connectivity index (χ3v) is 5.02. The van der Waals surface area contributed by atoms with Crippen LogP contribution < -0.4 is 28.7 Å². The van der Waals surface area contributed by atoms with E-state index in [0.29, 0.717) is 0 Å². The Kier molecular flexibility index (Phi) is 35.0. The molecule has 41 heavy (non-hydrogen) atoms. The second-order valence-electron chi connectivity index (χ2n) is 10.5. The summed E-state index contributed by atoms with van der Waals surface area (Å²) in [6.07, 6.45) is 0. The molecule has 0 aromatic carbocycles. The molecule has 0 rings (SSSR count). The molecule has 0 bridgehead atoms. The molecular formula is C25H55N5O10V. The van der Waals surface area contributed by atoms with Crippen molar-refractivity contribution in [3.63, 3.8) is 0 Å². The predicted molar refractivity (Wildman–Crippen MR) is 152 cm³/mol. The average molecular weight is 637 g/mol. The van der Waals surface area contributed by atoms with E-state index >= 15 is 0 Å². The molecule has 15 N–H and O–H groups in total. The van der Waals surface area contributed by atoms with Crippen LogP contribution in [0.4, 0.5) is 0 Å². The second kappa shape index (κ2) is 27.9. The van der Waals surface area contributed by atoms with Crippen LogP contribution >= 0.6 is 0 Å². The van der Waals surface area contributed by atoms with E-state index in [9.17, 15) is 24.0 Å². The Hall–Kier alpha value is -2.27. The number of rotatable bonds is 10. The number of hydrogen-bond acceptors (Lipinski definition) is 10. The topological polar surface area (TPSA) is 317 Å². The molecule has 15 nitrogen and oxygen atoms in total. The molecule has 0 heterocycles. The molecule has 0 aliphatic carbocycles. The van der Waals surface area contributed by atoms with Crippen molar-refractivity contribution in [2.24, 2.45) is 58.3 Å². The maximum Gasteiger partial charge on any atom is 0.320 e. The van der Waals surface area contributed by atoms with Crippen LogP contribution in [0, 0.1) is 29.6 Å². The van der Waals surface area contributed by atoms with E-state index in [-0.39, 0.29) is 48.1 Å². The van der Waals surface area contributed by atoms with E-state index in [0.717, 1.165) is 0 Å². The maximum absolute atomic E-state index is 10.0. The van der Waals surface area contributed by atoms with E-state index in [4.69, 9.17) is 54.2 Å². The van der Waals surface area contributed by atoms with E-state index < -0.39 is 60.1 Å². The van der Waals surface area contributed by atoms with E-state index in [1.807, 2.05) is 0 Å². The monoisotopic (exact) mass is 636 g/mol. The van der Waals surface area contributed by atoms with Gasteiger partial charge in [0.05, 0.1) is 0 Å². The van der Waals surface area contributed by atoms with E-state index in [1.54, 1.807) is 69.2 Å². The molecule has 0 saturated carbocycles. The van der Waals surface area contributed by atoms with Gasteiger partial charge in [-0.15, -0.1) is 0 Å². The Labute approximate surface area is 255 Å². The number of hydrogen-bond donors (Lipinski definition) is 10. The summed E-state index contributed by atoms with van der Waals surface area (Å²) in [5.41, 5.74) is 25.8. The second-order valence-corrected chi connectivity index (χ2v) is 10.5. The minimum absolute atomic E-state index is 0. The van der Waals surface area contributed by atoms with Crippen LogP contribution in [0.15, 0.2) is 0 Å². The quantitative estimate of drug-likeness (QED) is 0.154. The number of carboxylic acid groups (broad SMARTS) is 5. The largest absolute Gasteiger partial charge is 0.480 e. The zero-order valence-corrected chi connectivity index (χ0v) is 27.3. The van der Waals surface area contributed by atoms with Gasteiger partial charge in [-0.25, -0.2) is 0 Å². The Morgan fingerprint density at radius 2 is 0.415 bits per heavy atom. The summed E-state index contributed by atoms with van der Waals surface area (Å²) in [7, 11) is 0. The molecule has 0 aliphatic rings. The molecule has 0 aliphatic heterocycles. The Morgan fingerprint density at radius 1 is 0.341 bits per heavy atom. The summed E-state index contributed by atoms with van der Waals surface area (Å²) in [4.78, 5) is 50.1. The molecule has 0 spiro atoms. The fraction of sp³-hybridized carbons (Fsp3) is 0.800. The van der Waals surface area contributed by atoms with Crippen molar-refractivity contribution >= 4 is 29.8 Å². The van der Waals surface area contributed by atoms with Crippen LogP contribution in [0.5, 0.6) is 0 Å². The molecule has 0 unspecified atom stereocenters. The summed E-state index contributed by atoms with van der Waals surface area (Å²) in [5.74, 6) is -4.55. The van der Waals surface area contributed by atoms with Gasteiger partial charge in [-0.3, -0.25) is 24.0 Å². The van der Waals surface area contributed by atoms with Gasteiger partial charge in [0, 0.05) is 18.6 Å². The SMILES string of the molecule is CC(C)[C@H](N)C(=O)O.CC(C)[C@H](N)C(=O)O.CC(C)[C@H](N)C(=O)O.CC(C)[C@H](N)C(=O)O.CC(C)[C@H](N)C(=O)O.[V]. The van der Waals surface area contributed by atoms with Crippen molar-refractivity contribution < 1.29 is 68.1 Å². The fourth-order valence-corrected chi connectivity index (χ4v) is 1.43. The Bertz CT molecular complexity index is 598. The van der Waals surface area contributed by atoms with Gasteiger partial charge in [-0.1, -0.05) is 69.2 Å². The fourth-order valence-electron chi connectivity index (χ4n) is 1.43. The number of carboxylic acids is 5. The van der Waals surface area contributed by atoms with Crippen molar-refractivity contribution in [1.29, 1.82) is 0 Å². The molecular weight excluding hydrogens is 581 g/mol. The van der Waals surface area contributed by atoms with Crippen LogP contribution in [0.2, 0.25) is 0 Å². The van der Waals surface area contributed by atoms with Crippen LogP contribution in [0.25, 0.3) is 0 Å². The summed E-state index contributed by atoms with van der Waals surface area (Å²) in [6, 6.07) is -3.56. The molecule has 0 aromatic rings. The van der Waals surface area contributed by atoms with E-state index in [2.05, 4.69) is 0 Å².